The molecule has 5 heteroatoms. The van der Waals surface area contributed by atoms with E-state index in [1.165, 1.54) is 19.3 Å². The van der Waals surface area contributed by atoms with Gasteiger partial charge in [-0.1, -0.05) is 13.3 Å². The van der Waals surface area contributed by atoms with Crippen molar-refractivity contribution >= 4 is 11.6 Å². The van der Waals surface area contributed by atoms with Crippen molar-refractivity contribution < 1.29 is 0 Å². The molecule has 0 bridgehead atoms. The van der Waals surface area contributed by atoms with Gasteiger partial charge < -0.3 is 10.3 Å². The lowest BCUT2D eigenvalue weighted by atomic mass is 10.0. The maximum absolute atomic E-state index is 5.47. The lowest BCUT2D eigenvalue weighted by molar-refractivity contribution is 0.494. The molecule has 1 aromatic heterocycles. The lowest BCUT2D eigenvalue weighted by Gasteiger charge is -2.19. The number of nitrogen functional groups attached to an aromatic ring is 1. The first-order chi connectivity index (χ1) is 8.80. The molecule has 0 amide bonds. The summed E-state index contributed by atoms with van der Waals surface area (Å²) < 4.78 is 0. The van der Waals surface area contributed by atoms with E-state index in [0.717, 1.165) is 43.0 Å². The molecule has 0 aromatic carbocycles. The Morgan fingerprint density at radius 2 is 2.06 bits per heavy atom. The molecule has 1 aliphatic heterocycles. The van der Waals surface area contributed by atoms with Crippen LogP contribution in [0.15, 0.2) is 6.07 Å². The molecule has 3 rings (SSSR count). The third-order valence-electron chi connectivity index (χ3n) is 4.27. The van der Waals surface area contributed by atoms with Gasteiger partial charge in [-0.05, 0) is 24.7 Å². The fourth-order valence-corrected chi connectivity index (χ4v) is 3.30. The Hall–Kier alpha value is -1.36. The van der Waals surface area contributed by atoms with Crippen LogP contribution in [0.25, 0.3) is 0 Å². The van der Waals surface area contributed by atoms with Gasteiger partial charge in [0.25, 0.3) is 0 Å². The van der Waals surface area contributed by atoms with Crippen molar-refractivity contribution in [3.63, 3.8) is 0 Å². The van der Waals surface area contributed by atoms with E-state index < -0.39 is 0 Å². The maximum Gasteiger partial charge on any atom is 0.145 e. The summed E-state index contributed by atoms with van der Waals surface area (Å²) >= 11 is 0. The summed E-state index contributed by atoms with van der Waals surface area (Å²) in [7, 11) is 0. The Balaban J connectivity index is 1.83. The van der Waals surface area contributed by atoms with Gasteiger partial charge in [-0.3, -0.25) is 0 Å². The molecule has 1 saturated carbocycles. The van der Waals surface area contributed by atoms with Crippen molar-refractivity contribution in [2.24, 2.45) is 17.7 Å². The third-order valence-corrected chi connectivity index (χ3v) is 4.27. The van der Waals surface area contributed by atoms with Crippen molar-refractivity contribution in [2.45, 2.75) is 32.6 Å². The normalized spacial score (nSPS) is 26.4. The van der Waals surface area contributed by atoms with Crippen LogP contribution in [0.5, 0.6) is 0 Å². The first-order valence-electron chi connectivity index (χ1n) is 6.89. The Kier molecular flexibility index (Phi) is 3.07. The van der Waals surface area contributed by atoms with E-state index in [4.69, 9.17) is 5.84 Å². The molecule has 2 fully saturated rings. The average molecular weight is 247 g/mol. The number of hydrogen-bond donors (Lipinski definition) is 2. The highest BCUT2D eigenvalue weighted by molar-refractivity contribution is 5.49. The minimum Gasteiger partial charge on any atom is -0.356 e. The summed E-state index contributed by atoms with van der Waals surface area (Å²) in [6.45, 7) is 4.36. The van der Waals surface area contributed by atoms with Gasteiger partial charge in [0, 0.05) is 25.6 Å². The van der Waals surface area contributed by atoms with E-state index in [1.54, 1.807) is 0 Å². The fraction of sp³-hybridized carbons (Fsp3) is 0.692. The molecule has 2 atom stereocenters. The third kappa shape index (κ3) is 2.03. The highest BCUT2D eigenvalue weighted by Gasteiger charge is 2.36. The van der Waals surface area contributed by atoms with Gasteiger partial charge in [0.05, 0.1) is 0 Å². The van der Waals surface area contributed by atoms with Gasteiger partial charge >= 0.3 is 0 Å². The molecule has 3 N–H and O–H groups in total. The number of hydrogen-bond acceptors (Lipinski definition) is 5. The summed E-state index contributed by atoms with van der Waals surface area (Å²) in [5, 5.41) is 0. The van der Waals surface area contributed by atoms with Crippen LogP contribution < -0.4 is 16.2 Å². The summed E-state index contributed by atoms with van der Waals surface area (Å²) in [5.74, 6) is 9.83. The zero-order chi connectivity index (χ0) is 12.5. The number of nitrogens with two attached hydrogens (primary N) is 1. The Morgan fingerprint density at radius 3 is 2.67 bits per heavy atom. The van der Waals surface area contributed by atoms with Crippen LogP contribution in [-0.4, -0.2) is 23.1 Å². The monoisotopic (exact) mass is 247 g/mol. The standard InChI is InChI=1S/C13H21N5/c1-2-11-15-12(17-14)6-13(16-11)18-7-9-4-3-5-10(9)8-18/h6,9-10H,2-5,7-8,14H2,1H3,(H,15,16,17). The predicted molar refractivity (Wildman–Crippen MR) is 72.3 cm³/mol. The summed E-state index contributed by atoms with van der Waals surface area (Å²) in [6, 6.07) is 1.96. The number of aryl methyl sites for hydroxylation is 1. The van der Waals surface area contributed by atoms with Gasteiger partial charge in [-0.2, -0.15) is 0 Å². The summed E-state index contributed by atoms with van der Waals surface area (Å²) in [6.07, 6.45) is 5.01. The lowest BCUT2D eigenvalue weighted by Crippen LogP contribution is -2.23. The molecular formula is C13H21N5. The second-order valence-corrected chi connectivity index (χ2v) is 5.38. The summed E-state index contributed by atoms with van der Waals surface area (Å²) in [5.41, 5.74) is 2.64. The molecule has 18 heavy (non-hydrogen) atoms. The second-order valence-electron chi connectivity index (χ2n) is 5.38. The van der Waals surface area contributed by atoms with Gasteiger partial charge in [-0.25, -0.2) is 15.8 Å². The zero-order valence-electron chi connectivity index (χ0n) is 10.9. The minimum absolute atomic E-state index is 0.717. The topological polar surface area (TPSA) is 67.1 Å². The van der Waals surface area contributed by atoms with Crippen molar-refractivity contribution in [3.8, 4) is 0 Å². The van der Waals surface area contributed by atoms with Crippen molar-refractivity contribution in [1.82, 2.24) is 9.97 Å². The number of rotatable bonds is 3. The van der Waals surface area contributed by atoms with Crippen LogP contribution in [0.3, 0.4) is 0 Å². The highest BCUT2D eigenvalue weighted by Crippen LogP contribution is 2.39. The van der Waals surface area contributed by atoms with Crippen LogP contribution in [-0.2, 0) is 6.42 Å². The Labute approximate surface area is 108 Å². The molecule has 5 nitrogen and oxygen atoms in total. The quantitative estimate of drug-likeness (QED) is 0.627. The number of fused-ring (bicyclic) bond motifs is 1. The van der Waals surface area contributed by atoms with E-state index in [-0.39, 0.29) is 0 Å². The van der Waals surface area contributed by atoms with Crippen LogP contribution in [0, 0.1) is 11.8 Å². The Morgan fingerprint density at radius 1 is 1.33 bits per heavy atom. The van der Waals surface area contributed by atoms with Crippen LogP contribution in [0.4, 0.5) is 11.6 Å². The van der Waals surface area contributed by atoms with E-state index in [1.807, 2.05) is 6.07 Å². The minimum atomic E-state index is 0.717. The van der Waals surface area contributed by atoms with Crippen molar-refractivity contribution in [1.29, 1.82) is 0 Å². The number of aromatic nitrogens is 2. The first kappa shape index (κ1) is 11.7. The van der Waals surface area contributed by atoms with Crippen molar-refractivity contribution in [2.75, 3.05) is 23.4 Å². The van der Waals surface area contributed by atoms with E-state index in [2.05, 4.69) is 27.2 Å². The number of hydrazine groups is 1. The van der Waals surface area contributed by atoms with Gasteiger partial charge in [0.1, 0.15) is 17.5 Å². The zero-order valence-corrected chi connectivity index (χ0v) is 10.9. The average Bonchev–Trinajstić information content (AvgIpc) is 2.98. The SMILES string of the molecule is CCc1nc(NN)cc(N2CC3CCCC3C2)n1. The smallest absolute Gasteiger partial charge is 0.145 e. The molecular weight excluding hydrogens is 226 g/mol. The number of anilines is 2. The van der Waals surface area contributed by atoms with Gasteiger partial charge in [0.15, 0.2) is 0 Å². The van der Waals surface area contributed by atoms with E-state index in [9.17, 15) is 0 Å². The maximum atomic E-state index is 5.47. The predicted octanol–water partition coefficient (Wildman–Crippen LogP) is 1.56. The number of nitrogens with zero attached hydrogens (tertiary/aromatic N) is 3. The molecule has 1 saturated heterocycles. The first-order valence-corrected chi connectivity index (χ1v) is 6.89. The molecule has 2 aliphatic rings. The van der Waals surface area contributed by atoms with Crippen LogP contribution in [0.1, 0.15) is 32.0 Å². The number of nitrogens with one attached hydrogen (secondary N) is 1. The largest absolute Gasteiger partial charge is 0.356 e. The molecule has 1 aromatic rings. The molecule has 2 unspecified atom stereocenters. The molecule has 98 valence electrons. The van der Waals surface area contributed by atoms with Crippen LogP contribution in [0.2, 0.25) is 0 Å². The molecule has 1 aliphatic carbocycles. The second kappa shape index (κ2) is 4.72. The van der Waals surface area contributed by atoms with Gasteiger partial charge in [0.2, 0.25) is 0 Å². The van der Waals surface area contributed by atoms with E-state index >= 15 is 0 Å². The fourth-order valence-electron chi connectivity index (χ4n) is 3.30. The van der Waals surface area contributed by atoms with Crippen molar-refractivity contribution in [3.05, 3.63) is 11.9 Å². The summed E-state index contributed by atoms with van der Waals surface area (Å²) in [4.78, 5) is 11.4. The van der Waals surface area contributed by atoms with Gasteiger partial charge in [-0.15, -0.1) is 0 Å². The molecule has 2 heterocycles. The van der Waals surface area contributed by atoms with Crippen LogP contribution >= 0.6 is 0 Å². The Bertz CT molecular complexity index is 399. The molecule has 0 radical (unpaired) electrons. The van der Waals surface area contributed by atoms with E-state index in [0.29, 0.717) is 5.82 Å². The highest BCUT2D eigenvalue weighted by atomic mass is 15.3. The molecule has 0 spiro atoms.